The van der Waals surface area contributed by atoms with Gasteiger partial charge in [-0.15, -0.1) is 11.3 Å². The van der Waals surface area contributed by atoms with E-state index in [-0.39, 0.29) is 23.6 Å². The van der Waals surface area contributed by atoms with Crippen molar-refractivity contribution in [2.24, 2.45) is 5.92 Å². The van der Waals surface area contributed by atoms with Gasteiger partial charge in [0, 0.05) is 31.7 Å². The molecule has 2 aromatic rings. The number of benzene rings is 1. The van der Waals surface area contributed by atoms with Gasteiger partial charge in [0.05, 0.1) is 4.88 Å². The summed E-state index contributed by atoms with van der Waals surface area (Å²) in [4.78, 5) is 43.8. The van der Waals surface area contributed by atoms with E-state index in [9.17, 15) is 14.4 Å². The largest absolute Gasteiger partial charge is 0.341 e. The molecule has 4 rings (SSSR count). The van der Waals surface area contributed by atoms with Crippen molar-refractivity contribution in [3.8, 4) is 0 Å². The molecule has 0 saturated carbocycles. The molecule has 0 radical (unpaired) electrons. The second-order valence-electron chi connectivity index (χ2n) is 8.76. The van der Waals surface area contributed by atoms with Gasteiger partial charge in [0.2, 0.25) is 5.91 Å². The highest BCUT2D eigenvalue weighted by Crippen LogP contribution is 2.26. The highest BCUT2D eigenvalue weighted by molar-refractivity contribution is 7.12. The van der Waals surface area contributed by atoms with Gasteiger partial charge in [0.25, 0.3) is 11.8 Å². The standard InChI is InChI=1S/C25H31N3O3S/c1-18-8-3-4-9-20(18)23(29)26-22(25(31)27-13-5-2-6-14-27)19-11-15-28(16-12-19)24(30)21-10-7-17-32-21/h3-4,7-10,17,19,22H,2,5-6,11-16H2,1H3,(H,26,29)/t22-/m0/s1. The van der Waals surface area contributed by atoms with Crippen LogP contribution in [0, 0.1) is 12.8 Å². The third kappa shape index (κ3) is 5.04. The topological polar surface area (TPSA) is 69.7 Å². The van der Waals surface area contributed by atoms with Crippen LogP contribution in [-0.2, 0) is 4.79 Å². The van der Waals surface area contributed by atoms with Crippen molar-refractivity contribution in [1.29, 1.82) is 0 Å². The Balaban J connectivity index is 1.47. The van der Waals surface area contributed by atoms with Gasteiger partial charge in [-0.2, -0.15) is 0 Å². The van der Waals surface area contributed by atoms with Crippen molar-refractivity contribution in [2.75, 3.05) is 26.2 Å². The second-order valence-corrected chi connectivity index (χ2v) is 9.71. The maximum absolute atomic E-state index is 13.5. The summed E-state index contributed by atoms with van der Waals surface area (Å²) in [5.41, 5.74) is 1.50. The van der Waals surface area contributed by atoms with E-state index in [1.165, 1.54) is 11.3 Å². The molecular weight excluding hydrogens is 422 g/mol. The van der Waals surface area contributed by atoms with Gasteiger partial charge in [-0.25, -0.2) is 0 Å². The number of thiophene rings is 1. The van der Waals surface area contributed by atoms with Crippen molar-refractivity contribution in [1.82, 2.24) is 15.1 Å². The van der Waals surface area contributed by atoms with Crippen molar-refractivity contribution >= 4 is 29.1 Å². The van der Waals surface area contributed by atoms with E-state index in [2.05, 4.69) is 5.32 Å². The fraction of sp³-hybridized carbons (Fsp3) is 0.480. The summed E-state index contributed by atoms with van der Waals surface area (Å²) in [6.07, 6.45) is 4.58. The maximum atomic E-state index is 13.5. The summed E-state index contributed by atoms with van der Waals surface area (Å²) in [5, 5.41) is 4.99. The Morgan fingerprint density at radius 2 is 1.66 bits per heavy atom. The number of amides is 3. The second kappa shape index (κ2) is 10.3. The minimum atomic E-state index is -0.556. The Morgan fingerprint density at radius 3 is 2.31 bits per heavy atom. The number of carbonyl (C=O) groups excluding carboxylic acids is 3. The van der Waals surface area contributed by atoms with E-state index in [1.54, 1.807) is 6.07 Å². The van der Waals surface area contributed by atoms with Crippen LogP contribution in [0.15, 0.2) is 41.8 Å². The molecule has 2 saturated heterocycles. The van der Waals surface area contributed by atoms with E-state index < -0.39 is 6.04 Å². The van der Waals surface area contributed by atoms with Gasteiger partial charge in [0.1, 0.15) is 6.04 Å². The Labute approximate surface area is 193 Å². The summed E-state index contributed by atoms with van der Waals surface area (Å²) in [6.45, 7) is 4.62. The zero-order valence-electron chi connectivity index (χ0n) is 18.6. The van der Waals surface area contributed by atoms with E-state index in [0.717, 1.165) is 42.8 Å². The SMILES string of the molecule is Cc1ccccc1C(=O)N[C@H](C(=O)N1CCCCC1)C1CCN(C(=O)c2cccs2)CC1. The maximum Gasteiger partial charge on any atom is 0.263 e. The Morgan fingerprint density at radius 1 is 0.938 bits per heavy atom. The van der Waals surface area contributed by atoms with Crippen LogP contribution in [0.2, 0.25) is 0 Å². The smallest absolute Gasteiger partial charge is 0.263 e. The van der Waals surface area contributed by atoms with Crippen LogP contribution in [0.4, 0.5) is 0 Å². The molecular formula is C25H31N3O3S. The highest BCUT2D eigenvalue weighted by atomic mass is 32.1. The number of rotatable bonds is 5. The van der Waals surface area contributed by atoms with Crippen molar-refractivity contribution < 1.29 is 14.4 Å². The van der Waals surface area contributed by atoms with Crippen LogP contribution in [0.1, 0.15) is 57.7 Å². The first-order valence-electron chi connectivity index (χ1n) is 11.5. The van der Waals surface area contributed by atoms with Gasteiger partial charge >= 0.3 is 0 Å². The Hall–Kier alpha value is -2.67. The Kier molecular flexibility index (Phi) is 7.25. The molecule has 1 N–H and O–H groups in total. The predicted octanol–water partition coefficient (Wildman–Crippen LogP) is 3.72. The van der Waals surface area contributed by atoms with Gasteiger partial charge in [-0.3, -0.25) is 14.4 Å². The van der Waals surface area contributed by atoms with Crippen molar-refractivity contribution in [3.05, 3.63) is 57.8 Å². The normalized spacial score (nSPS) is 18.3. The van der Waals surface area contributed by atoms with Gasteiger partial charge in [-0.1, -0.05) is 24.3 Å². The summed E-state index contributed by atoms with van der Waals surface area (Å²) in [5.74, 6) is -0.101. The first-order valence-corrected chi connectivity index (χ1v) is 12.4. The zero-order valence-corrected chi connectivity index (χ0v) is 19.4. The average molecular weight is 454 g/mol. The van der Waals surface area contributed by atoms with Crippen LogP contribution in [0.3, 0.4) is 0 Å². The summed E-state index contributed by atoms with van der Waals surface area (Å²) >= 11 is 1.45. The van der Waals surface area contributed by atoms with E-state index in [4.69, 9.17) is 0 Å². The van der Waals surface area contributed by atoms with Crippen molar-refractivity contribution in [2.45, 2.75) is 45.1 Å². The number of hydrogen-bond acceptors (Lipinski definition) is 4. The van der Waals surface area contributed by atoms with E-state index >= 15 is 0 Å². The molecule has 2 fully saturated rings. The molecule has 0 aliphatic carbocycles. The van der Waals surface area contributed by atoms with Crippen LogP contribution in [-0.4, -0.2) is 59.7 Å². The van der Waals surface area contributed by atoms with Gasteiger partial charge in [0.15, 0.2) is 0 Å². The zero-order chi connectivity index (χ0) is 22.5. The monoisotopic (exact) mass is 453 g/mol. The number of aryl methyl sites for hydroxylation is 1. The lowest BCUT2D eigenvalue weighted by Gasteiger charge is -2.38. The van der Waals surface area contributed by atoms with Gasteiger partial charge in [-0.05, 0) is 68.0 Å². The third-order valence-electron chi connectivity index (χ3n) is 6.64. The first kappa shape index (κ1) is 22.5. The van der Waals surface area contributed by atoms with Gasteiger partial charge < -0.3 is 15.1 Å². The summed E-state index contributed by atoms with van der Waals surface area (Å²) in [7, 11) is 0. The lowest BCUT2D eigenvalue weighted by molar-refractivity contribution is -0.136. The molecule has 1 aromatic heterocycles. The molecule has 7 heteroatoms. The summed E-state index contributed by atoms with van der Waals surface area (Å²) in [6, 6.07) is 10.6. The third-order valence-corrected chi connectivity index (χ3v) is 7.50. The van der Waals surface area contributed by atoms with Crippen LogP contribution in [0.5, 0.6) is 0 Å². The lowest BCUT2D eigenvalue weighted by atomic mass is 9.87. The minimum absolute atomic E-state index is 0.0183. The molecule has 2 aliphatic heterocycles. The number of carbonyl (C=O) groups is 3. The van der Waals surface area contributed by atoms with Crippen LogP contribution < -0.4 is 5.32 Å². The Bertz CT molecular complexity index is 945. The fourth-order valence-corrected chi connectivity index (χ4v) is 5.42. The quantitative estimate of drug-likeness (QED) is 0.750. The van der Waals surface area contributed by atoms with Crippen LogP contribution >= 0.6 is 11.3 Å². The molecule has 2 aliphatic rings. The minimum Gasteiger partial charge on any atom is -0.341 e. The molecule has 0 spiro atoms. The molecule has 1 atom stereocenters. The number of nitrogens with one attached hydrogen (secondary N) is 1. The highest BCUT2D eigenvalue weighted by Gasteiger charge is 2.36. The molecule has 32 heavy (non-hydrogen) atoms. The number of nitrogens with zero attached hydrogens (tertiary/aromatic N) is 2. The average Bonchev–Trinajstić information content (AvgIpc) is 3.37. The van der Waals surface area contributed by atoms with E-state index in [1.807, 2.05) is 52.4 Å². The molecule has 1 aromatic carbocycles. The molecule has 6 nitrogen and oxygen atoms in total. The number of piperidine rings is 2. The molecule has 0 bridgehead atoms. The molecule has 0 unspecified atom stereocenters. The van der Waals surface area contributed by atoms with Crippen LogP contribution in [0.25, 0.3) is 0 Å². The fourth-order valence-electron chi connectivity index (χ4n) is 4.73. The van der Waals surface area contributed by atoms with Crippen molar-refractivity contribution in [3.63, 3.8) is 0 Å². The van der Waals surface area contributed by atoms with E-state index in [0.29, 0.717) is 31.5 Å². The first-order chi connectivity index (χ1) is 15.5. The lowest BCUT2D eigenvalue weighted by Crippen LogP contribution is -2.55. The number of likely N-dealkylation sites (tertiary alicyclic amines) is 2. The predicted molar refractivity (Wildman–Crippen MR) is 126 cm³/mol. The molecule has 170 valence electrons. The molecule has 3 heterocycles. The number of hydrogen-bond donors (Lipinski definition) is 1. The molecule has 3 amide bonds. The summed E-state index contributed by atoms with van der Waals surface area (Å²) < 4.78 is 0.